The maximum absolute atomic E-state index is 13.2. The molecule has 0 radical (unpaired) electrons. The minimum atomic E-state index is -0.161. The molecule has 1 fully saturated rings. The average Bonchev–Trinajstić information content (AvgIpc) is 3.03. The molecule has 0 bridgehead atoms. The van der Waals surface area contributed by atoms with Crippen molar-refractivity contribution in [1.82, 2.24) is 19.4 Å². The summed E-state index contributed by atoms with van der Waals surface area (Å²) in [6.45, 7) is 10.9. The first-order valence-corrected chi connectivity index (χ1v) is 9.28. The SMILES string of the molecule is CC(C)C1CN(CCn2ccnc2)CCCN1Cc1ccc(F)cc1. The summed E-state index contributed by atoms with van der Waals surface area (Å²) in [5, 5.41) is 0. The Kier molecular flexibility index (Phi) is 6.21. The van der Waals surface area contributed by atoms with E-state index in [1.165, 1.54) is 12.0 Å². The molecule has 1 unspecified atom stereocenters. The van der Waals surface area contributed by atoms with Crippen LogP contribution in [0.1, 0.15) is 25.8 Å². The summed E-state index contributed by atoms with van der Waals surface area (Å²) >= 11 is 0. The number of imidazole rings is 1. The molecule has 1 saturated heterocycles. The molecule has 1 aliphatic rings. The lowest BCUT2D eigenvalue weighted by Crippen LogP contribution is -2.44. The Hall–Kier alpha value is -1.72. The summed E-state index contributed by atoms with van der Waals surface area (Å²) in [4.78, 5) is 9.28. The third kappa shape index (κ3) is 5.13. The number of rotatable bonds is 6. The lowest BCUT2D eigenvalue weighted by molar-refractivity contribution is 0.131. The third-order valence-electron chi connectivity index (χ3n) is 5.14. The van der Waals surface area contributed by atoms with Crippen LogP contribution in [-0.4, -0.2) is 51.6 Å². The van der Waals surface area contributed by atoms with Crippen molar-refractivity contribution in [2.75, 3.05) is 26.2 Å². The number of hydrogen-bond donors (Lipinski definition) is 0. The maximum atomic E-state index is 13.2. The normalized spacial score (nSPS) is 20.1. The van der Waals surface area contributed by atoms with Crippen molar-refractivity contribution in [3.05, 3.63) is 54.4 Å². The monoisotopic (exact) mass is 344 g/mol. The average molecular weight is 344 g/mol. The van der Waals surface area contributed by atoms with Gasteiger partial charge >= 0.3 is 0 Å². The van der Waals surface area contributed by atoms with Crippen LogP contribution in [0.3, 0.4) is 0 Å². The van der Waals surface area contributed by atoms with Gasteiger partial charge in [-0.3, -0.25) is 9.80 Å². The Morgan fingerprint density at radius 1 is 1.16 bits per heavy atom. The van der Waals surface area contributed by atoms with E-state index in [0.717, 1.165) is 39.3 Å². The van der Waals surface area contributed by atoms with E-state index >= 15 is 0 Å². The Labute approximate surface area is 150 Å². The van der Waals surface area contributed by atoms with Gasteiger partial charge in [0, 0.05) is 51.2 Å². The highest BCUT2D eigenvalue weighted by atomic mass is 19.1. The first kappa shape index (κ1) is 18.1. The molecule has 0 spiro atoms. The molecule has 0 N–H and O–H groups in total. The molecule has 1 aliphatic heterocycles. The largest absolute Gasteiger partial charge is 0.336 e. The van der Waals surface area contributed by atoms with Crippen molar-refractivity contribution in [2.45, 2.75) is 39.4 Å². The Morgan fingerprint density at radius 2 is 1.96 bits per heavy atom. The fourth-order valence-corrected chi connectivity index (χ4v) is 3.67. The molecule has 0 aliphatic carbocycles. The van der Waals surface area contributed by atoms with E-state index < -0.39 is 0 Å². The van der Waals surface area contributed by atoms with Gasteiger partial charge in [0.25, 0.3) is 0 Å². The summed E-state index contributed by atoms with van der Waals surface area (Å²) in [5.41, 5.74) is 1.19. The molecule has 1 atom stereocenters. The minimum absolute atomic E-state index is 0.161. The number of aromatic nitrogens is 2. The van der Waals surface area contributed by atoms with Gasteiger partial charge in [0.15, 0.2) is 0 Å². The predicted octanol–water partition coefficient (Wildman–Crippen LogP) is 3.25. The first-order valence-electron chi connectivity index (χ1n) is 9.28. The van der Waals surface area contributed by atoms with E-state index in [-0.39, 0.29) is 5.82 Å². The third-order valence-corrected chi connectivity index (χ3v) is 5.14. The molecular formula is C20H29FN4. The zero-order valence-electron chi connectivity index (χ0n) is 15.3. The fourth-order valence-electron chi connectivity index (χ4n) is 3.67. The Morgan fingerprint density at radius 3 is 2.64 bits per heavy atom. The van der Waals surface area contributed by atoms with E-state index in [1.54, 1.807) is 12.1 Å². The second-order valence-corrected chi connectivity index (χ2v) is 7.36. The van der Waals surface area contributed by atoms with Gasteiger partial charge in [-0.05, 0) is 36.6 Å². The molecule has 0 saturated carbocycles. The van der Waals surface area contributed by atoms with Crippen LogP contribution in [0.5, 0.6) is 0 Å². The van der Waals surface area contributed by atoms with Crippen LogP contribution in [0.2, 0.25) is 0 Å². The van der Waals surface area contributed by atoms with Crippen molar-refractivity contribution in [2.24, 2.45) is 5.92 Å². The Bertz CT molecular complexity index is 624. The molecule has 25 heavy (non-hydrogen) atoms. The van der Waals surface area contributed by atoms with E-state index in [2.05, 4.69) is 33.2 Å². The van der Waals surface area contributed by atoms with Gasteiger partial charge in [-0.25, -0.2) is 9.37 Å². The molecule has 4 nitrogen and oxygen atoms in total. The zero-order chi connectivity index (χ0) is 17.6. The quantitative estimate of drug-likeness (QED) is 0.804. The van der Waals surface area contributed by atoms with Gasteiger partial charge in [-0.1, -0.05) is 26.0 Å². The molecule has 5 heteroatoms. The van der Waals surface area contributed by atoms with E-state index in [9.17, 15) is 4.39 Å². The lowest BCUT2D eigenvalue weighted by Gasteiger charge is -2.34. The van der Waals surface area contributed by atoms with Crippen LogP contribution < -0.4 is 0 Å². The van der Waals surface area contributed by atoms with Crippen molar-refractivity contribution in [1.29, 1.82) is 0 Å². The van der Waals surface area contributed by atoms with Gasteiger partial charge in [0.05, 0.1) is 6.33 Å². The second-order valence-electron chi connectivity index (χ2n) is 7.36. The Balaban J connectivity index is 1.62. The van der Waals surface area contributed by atoms with Crippen LogP contribution in [0.4, 0.5) is 4.39 Å². The second kappa shape index (κ2) is 8.59. The standard InChI is InChI=1S/C20H29FN4/c1-17(2)20-15-23(12-13-24-11-8-22-16-24)9-3-10-25(20)14-18-4-6-19(21)7-5-18/h4-8,11,16-17,20H,3,9-10,12-15H2,1-2H3. The predicted molar refractivity (Wildman–Crippen MR) is 98.7 cm³/mol. The highest BCUT2D eigenvalue weighted by Crippen LogP contribution is 2.20. The first-order chi connectivity index (χ1) is 12.1. The van der Waals surface area contributed by atoms with Crippen molar-refractivity contribution in [3.63, 3.8) is 0 Å². The number of nitrogens with zero attached hydrogens (tertiary/aromatic N) is 4. The molecule has 0 amide bonds. The van der Waals surface area contributed by atoms with Gasteiger partial charge in [-0.15, -0.1) is 0 Å². The van der Waals surface area contributed by atoms with Crippen LogP contribution >= 0.6 is 0 Å². The maximum Gasteiger partial charge on any atom is 0.123 e. The topological polar surface area (TPSA) is 24.3 Å². The molecule has 1 aromatic carbocycles. The van der Waals surface area contributed by atoms with Gasteiger partial charge in [0.2, 0.25) is 0 Å². The molecule has 2 heterocycles. The summed E-state index contributed by atoms with van der Waals surface area (Å²) in [5.74, 6) is 0.431. The van der Waals surface area contributed by atoms with Gasteiger partial charge in [-0.2, -0.15) is 0 Å². The zero-order valence-corrected chi connectivity index (χ0v) is 15.3. The smallest absolute Gasteiger partial charge is 0.123 e. The molecule has 136 valence electrons. The molecular weight excluding hydrogens is 315 g/mol. The minimum Gasteiger partial charge on any atom is -0.336 e. The highest BCUT2D eigenvalue weighted by molar-refractivity contribution is 5.16. The van der Waals surface area contributed by atoms with E-state index in [4.69, 9.17) is 0 Å². The molecule has 3 rings (SSSR count). The summed E-state index contributed by atoms with van der Waals surface area (Å²) in [6.07, 6.45) is 6.93. The van der Waals surface area contributed by atoms with Crippen molar-refractivity contribution in [3.8, 4) is 0 Å². The van der Waals surface area contributed by atoms with Crippen molar-refractivity contribution < 1.29 is 4.39 Å². The lowest BCUT2D eigenvalue weighted by atomic mass is 10.0. The van der Waals surface area contributed by atoms with E-state index in [0.29, 0.717) is 12.0 Å². The molecule has 1 aromatic heterocycles. The number of hydrogen-bond acceptors (Lipinski definition) is 3. The fraction of sp³-hybridized carbons (Fsp3) is 0.550. The van der Waals surface area contributed by atoms with Gasteiger partial charge in [0.1, 0.15) is 5.82 Å². The van der Waals surface area contributed by atoms with Crippen molar-refractivity contribution >= 4 is 0 Å². The summed E-state index contributed by atoms with van der Waals surface area (Å²) < 4.78 is 15.3. The van der Waals surface area contributed by atoms with E-state index in [1.807, 2.05) is 30.9 Å². The summed E-state index contributed by atoms with van der Waals surface area (Å²) in [6, 6.07) is 7.47. The summed E-state index contributed by atoms with van der Waals surface area (Å²) in [7, 11) is 0. The van der Waals surface area contributed by atoms with Crippen LogP contribution in [0.15, 0.2) is 43.0 Å². The van der Waals surface area contributed by atoms with Crippen LogP contribution in [0.25, 0.3) is 0 Å². The highest BCUT2D eigenvalue weighted by Gasteiger charge is 2.27. The van der Waals surface area contributed by atoms with Gasteiger partial charge < -0.3 is 4.57 Å². The number of halogens is 1. The number of benzene rings is 1. The van der Waals surface area contributed by atoms with Crippen LogP contribution in [-0.2, 0) is 13.1 Å². The van der Waals surface area contributed by atoms with Crippen LogP contribution in [0, 0.1) is 11.7 Å². The molecule has 2 aromatic rings.